The minimum Gasteiger partial charge on any atom is -0.489 e. The number of nitriles is 1. The third kappa shape index (κ3) is 4.30. The van der Waals surface area contributed by atoms with Crippen LogP contribution in [0.2, 0.25) is 0 Å². The van der Waals surface area contributed by atoms with E-state index in [-0.39, 0.29) is 5.91 Å². The van der Waals surface area contributed by atoms with E-state index in [2.05, 4.69) is 11.4 Å². The summed E-state index contributed by atoms with van der Waals surface area (Å²) in [5.41, 5.74) is 2.51. The summed E-state index contributed by atoms with van der Waals surface area (Å²) < 4.78 is 16.9. The molecule has 0 aliphatic carbocycles. The van der Waals surface area contributed by atoms with Gasteiger partial charge in [0.1, 0.15) is 25.6 Å². The van der Waals surface area contributed by atoms with Crippen LogP contribution in [0.5, 0.6) is 17.2 Å². The van der Waals surface area contributed by atoms with E-state index in [0.29, 0.717) is 53.9 Å². The van der Waals surface area contributed by atoms with Gasteiger partial charge in [0, 0.05) is 11.8 Å². The summed E-state index contributed by atoms with van der Waals surface area (Å²) in [6.07, 6.45) is 0. The van der Waals surface area contributed by atoms with Crippen LogP contribution in [0, 0.1) is 11.3 Å². The molecule has 1 amide bonds. The van der Waals surface area contributed by atoms with Crippen molar-refractivity contribution in [2.75, 3.05) is 18.5 Å². The summed E-state index contributed by atoms with van der Waals surface area (Å²) in [5.74, 6) is 1.35. The van der Waals surface area contributed by atoms with Gasteiger partial charge in [-0.2, -0.15) is 5.26 Å². The van der Waals surface area contributed by atoms with Crippen molar-refractivity contribution in [3.8, 4) is 23.3 Å². The first-order valence-electron chi connectivity index (χ1n) is 9.15. The van der Waals surface area contributed by atoms with Crippen LogP contribution in [0.3, 0.4) is 0 Å². The van der Waals surface area contributed by atoms with Crippen LogP contribution in [-0.2, 0) is 6.61 Å². The highest BCUT2D eigenvalue weighted by Gasteiger charge is 2.20. The van der Waals surface area contributed by atoms with E-state index in [0.717, 1.165) is 5.56 Å². The summed E-state index contributed by atoms with van der Waals surface area (Å²) in [6, 6.07) is 21.7. The number of ether oxygens (including phenoxy) is 3. The van der Waals surface area contributed by atoms with Gasteiger partial charge in [0.15, 0.2) is 11.5 Å². The van der Waals surface area contributed by atoms with Crippen molar-refractivity contribution in [3.63, 3.8) is 0 Å². The van der Waals surface area contributed by atoms with Crippen LogP contribution in [0.1, 0.15) is 21.5 Å². The Hall–Kier alpha value is -3.98. The van der Waals surface area contributed by atoms with E-state index in [9.17, 15) is 4.79 Å². The van der Waals surface area contributed by atoms with Gasteiger partial charge in [-0.3, -0.25) is 4.79 Å². The normalized spacial score (nSPS) is 12.0. The lowest BCUT2D eigenvalue weighted by Gasteiger charge is -2.20. The van der Waals surface area contributed by atoms with Crippen molar-refractivity contribution in [1.29, 1.82) is 5.26 Å². The predicted octanol–water partition coefficient (Wildman–Crippen LogP) is 4.16. The third-order valence-electron chi connectivity index (χ3n) is 4.36. The Balaban J connectivity index is 1.45. The van der Waals surface area contributed by atoms with E-state index >= 15 is 0 Å². The van der Waals surface area contributed by atoms with Crippen LogP contribution in [0.4, 0.5) is 5.69 Å². The number of amides is 1. The highest BCUT2D eigenvalue weighted by atomic mass is 16.6. The number of rotatable bonds is 5. The maximum Gasteiger partial charge on any atom is 0.259 e. The van der Waals surface area contributed by atoms with Crippen molar-refractivity contribution in [1.82, 2.24) is 0 Å². The molecular formula is C23H18N2O4. The summed E-state index contributed by atoms with van der Waals surface area (Å²) in [5, 5.41) is 11.9. The zero-order valence-corrected chi connectivity index (χ0v) is 15.6. The minimum absolute atomic E-state index is 0.286. The topological polar surface area (TPSA) is 80.6 Å². The molecule has 1 heterocycles. The van der Waals surface area contributed by atoms with Crippen molar-refractivity contribution in [3.05, 3.63) is 83.4 Å². The number of carbonyl (C=O) groups is 1. The Morgan fingerprint density at radius 3 is 2.76 bits per heavy atom. The van der Waals surface area contributed by atoms with Crippen LogP contribution >= 0.6 is 0 Å². The number of para-hydroxylation sites is 1. The fourth-order valence-electron chi connectivity index (χ4n) is 3.01. The smallest absolute Gasteiger partial charge is 0.259 e. The molecule has 0 unspecified atom stereocenters. The Labute approximate surface area is 168 Å². The first-order chi connectivity index (χ1) is 14.2. The Bertz CT molecular complexity index is 1090. The molecule has 0 spiro atoms. The Morgan fingerprint density at radius 2 is 1.86 bits per heavy atom. The average Bonchev–Trinajstić information content (AvgIpc) is 2.77. The lowest BCUT2D eigenvalue weighted by molar-refractivity contribution is 0.101. The van der Waals surface area contributed by atoms with Gasteiger partial charge in [0.05, 0.1) is 17.2 Å². The fourth-order valence-corrected chi connectivity index (χ4v) is 3.01. The SMILES string of the molecule is N#Cc1cccc(COc2cccc(NC(=O)c3cccc4c3OCCO4)c2)c1. The molecule has 1 aliphatic heterocycles. The monoisotopic (exact) mass is 386 g/mol. The van der Waals surface area contributed by atoms with E-state index < -0.39 is 0 Å². The molecule has 1 N–H and O–H groups in total. The van der Waals surface area contributed by atoms with Gasteiger partial charge in [-0.15, -0.1) is 0 Å². The molecule has 1 aliphatic rings. The van der Waals surface area contributed by atoms with Crippen LogP contribution in [-0.4, -0.2) is 19.1 Å². The van der Waals surface area contributed by atoms with E-state index in [1.807, 2.05) is 18.2 Å². The third-order valence-corrected chi connectivity index (χ3v) is 4.36. The molecule has 3 aromatic carbocycles. The minimum atomic E-state index is -0.286. The summed E-state index contributed by atoms with van der Waals surface area (Å²) in [7, 11) is 0. The number of benzene rings is 3. The quantitative estimate of drug-likeness (QED) is 0.712. The number of hydrogen-bond donors (Lipinski definition) is 1. The van der Waals surface area contributed by atoms with E-state index in [1.165, 1.54) is 0 Å². The number of anilines is 1. The number of hydrogen-bond acceptors (Lipinski definition) is 5. The van der Waals surface area contributed by atoms with Gasteiger partial charge in [-0.25, -0.2) is 0 Å². The second kappa shape index (κ2) is 8.36. The van der Waals surface area contributed by atoms with Gasteiger partial charge in [0.2, 0.25) is 0 Å². The molecule has 0 bridgehead atoms. The van der Waals surface area contributed by atoms with Gasteiger partial charge in [0.25, 0.3) is 5.91 Å². The molecule has 0 aromatic heterocycles. The number of nitrogens with one attached hydrogen (secondary N) is 1. The maximum absolute atomic E-state index is 12.7. The first kappa shape index (κ1) is 18.4. The second-order valence-electron chi connectivity index (χ2n) is 6.41. The molecule has 29 heavy (non-hydrogen) atoms. The molecule has 6 nitrogen and oxygen atoms in total. The first-order valence-corrected chi connectivity index (χ1v) is 9.15. The molecule has 0 saturated heterocycles. The van der Waals surface area contributed by atoms with Crippen molar-refractivity contribution >= 4 is 11.6 Å². The van der Waals surface area contributed by atoms with Gasteiger partial charge in [-0.1, -0.05) is 24.3 Å². The summed E-state index contributed by atoms with van der Waals surface area (Å²) in [6.45, 7) is 1.20. The van der Waals surface area contributed by atoms with Crippen molar-refractivity contribution < 1.29 is 19.0 Å². The van der Waals surface area contributed by atoms with E-state index in [1.54, 1.807) is 48.5 Å². The van der Waals surface area contributed by atoms with Crippen molar-refractivity contribution in [2.24, 2.45) is 0 Å². The largest absolute Gasteiger partial charge is 0.489 e. The molecule has 3 aromatic rings. The molecular weight excluding hydrogens is 368 g/mol. The molecule has 4 rings (SSSR count). The highest BCUT2D eigenvalue weighted by molar-refractivity contribution is 6.06. The van der Waals surface area contributed by atoms with Gasteiger partial charge < -0.3 is 19.5 Å². The Morgan fingerprint density at radius 1 is 1.03 bits per heavy atom. The standard InChI is InChI=1S/C23H18N2O4/c24-14-16-4-1-5-17(12-16)15-29-19-7-2-6-18(13-19)25-23(26)20-8-3-9-21-22(20)28-11-10-27-21/h1-9,12-13H,10-11,15H2,(H,25,26). The van der Waals surface area contributed by atoms with Crippen LogP contribution < -0.4 is 19.5 Å². The second-order valence-corrected chi connectivity index (χ2v) is 6.41. The summed E-state index contributed by atoms with van der Waals surface area (Å²) in [4.78, 5) is 12.7. The predicted molar refractivity (Wildman–Crippen MR) is 107 cm³/mol. The molecule has 0 saturated carbocycles. The zero-order chi connectivity index (χ0) is 20.1. The molecule has 6 heteroatoms. The molecule has 0 radical (unpaired) electrons. The summed E-state index contributed by atoms with van der Waals surface area (Å²) >= 11 is 0. The zero-order valence-electron chi connectivity index (χ0n) is 15.6. The number of nitrogens with zero attached hydrogens (tertiary/aromatic N) is 1. The lowest BCUT2D eigenvalue weighted by atomic mass is 10.1. The molecule has 0 fully saturated rings. The van der Waals surface area contributed by atoms with Crippen molar-refractivity contribution in [2.45, 2.75) is 6.61 Å². The fraction of sp³-hybridized carbons (Fsp3) is 0.130. The maximum atomic E-state index is 12.7. The van der Waals surface area contributed by atoms with Crippen LogP contribution in [0.15, 0.2) is 66.7 Å². The average molecular weight is 386 g/mol. The Kier molecular flexibility index (Phi) is 5.30. The van der Waals surface area contributed by atoms with Gasteiger partial charge >= 0.3 is 0 Å². The molecule has 0 atom stereocenters. The lowest BCUT2D eigenvalue weighted by Crippen LogP contribution is -2.20. The van der Waals surface area contributed by atoms with Gasteiger partial charge in [-0.05, 0) is 42.0 Å². The number of carbonyl (C=O) groups excluding carboxylic acids is 1. The van der Waals surface area contributed by atoms with E-state index in [4.69, 9.17) is 19.5 Å². The molecule has 144 valence electrons. The van der Waals surface area contributed by atoms with Crippen LogP contribution in [0.25, 0.3) is 0 Å². The highest BCUT2D eigenvalue weighted by Crippen LogP contribution is 2.34. The number of fused-ring (bicyclic) bond motifs is 1.